The van der Waals surface area contributed by atoms with Gasteiger partial charge in [-0.2, -0.15) is 8.78 Å². The third-order valence-corrected chi connectivity index (χ3v) is 2.70. The van der Waals surface area contributed by atoms with E-state index in [1.54, 1.807) is 12.1 Å². The molecule has 1 aliphatic rings. The number of hydrogen-bond acceptors (Lipinski definition) is 2. The van der Waals surface area contributed by atoms with Crippen LogP contribution in [0.25, 0.3) is 6.08 Å². The first-order valence-corrected chi connectivity index (χ1v) is 5.70. The Morgan fingerprint density at radius 3 is 3.00 bits per heavy atom. The van der Waals surface area contributed by atoms with Crippen LogP contribution in [0.2, 0.25) is 0 Å². The summed E-state index contributed by atoms with van der Waals surface area (Å²) >= 11 is 0. The normalized spacial score (nSPS) is 20.3. The molecule has 2 rings (SSSR count). The second kappa shape index (κ2) is 5.77. The van der Waals surface area contributed by atoms with E-state index in [4.69, 9.17) is 0 Å². The van der Waals surface area contributed by atoms with E-state index in [0.29, 0.717) is 6.04 Å². The molecule has 1 aromatic rings. The van der Waals surface area contributed by atoms with Crippen molar-refractivity contribution in [3.63, 3.8) is 0 Å². The molecule has 0 bridgehead atoms. The number of nitrogens with one attached hydrogen (secondary N) is 1. The summed E-state index contributed by atoms with van der Waals surface area (Å²) in [6.07, 6.45) is 6.31. The number of ether oxygens (including phenoxy) is 1. The highest BCUT2D eigenvalue weighted by atomic mass is 19.3. The van der Waals surface area contributed by atoms with Crippen molar-refractivity contribution in [2.45, 2.75) is 25.5 Å². The van der Waals surface area contributed by atoms with E-state index < -0.39 is 6.61 Å². The fourth-order valence-corrected chi connectivity index (χ4v) is 1.90. The number of benzene rings is 1. The topological polar surface area (TPSA) is 21.3 Å². The average molecular weight is 239 g/mol. The van der Waals surface area contributed by atoms with Crippen molar-refractivity contribution in [1.82, 2.24) is 5.32 Å². The number of alkyl halides is 2. The minimum absolute atomic E-state index is 0.196. The van der Waals surface area contributed by atoms with Crippen LogP contribution in [0.4, 0.5) is 8.78 Å². The molecule has 1 aromatic carbocycles. The molecule has 1 N–H and O–H groups in total. The van der Waals surface area contributed by atoms with Gasteiger partial charge in [0.1, 0.15) is 5.75 Å². The smallest absolute Gasteiger partial charge is 0.387 e. The van der Waals surface area contributed by atoms with Crippen LogP contribution in [-0.2, 0) is 0 Å². The van der Waals surface area contributed by atoms with Crippen molar-refractivity contribution in [3.05, 3.63) is 35.9 Å². The highest BCUT2D eigenvalue weighted by Crippen LogP contribution is 2.17. The molecule has 0 radical (unpaired) electrons. The molecule has 1 unspecified atom stereocenters. The summed E-state index contributed by atoms with van der Waals surface area (Å²) in [6, 6.07) is 7.10. The molecule has 0 aliphatic carbocycles. The zero-order valence-electron chi connectivity index (χ0n) is 9.40. The van der Waals surface area contributed by atoms with Gasteiger partial charge in [0.05, 0.1) is 0 Å². The molecule has 2 nitrogen and oxygen atoms in total. The highest BCUT2D eigenvalue weighted by molar-refractivity contribution is 5.52. The summed E-state index contributed by atoms with van der Waals surface area (Å²) in [5, 5.41) is 3.34. The van der Waals surface area contributed by atoms with Gasteiger partial charge in [-0.25, -0.2) is 0 Å². The Bertz CT molecular complexity index is 387. The van der Waals surface area contributed by atoms with Crippen LogP contribution in [0.3, 0.4) is 0 Å². The Labute approximate surface area is 99.3 Å². The molecule has 92 valence electrons. The summed E-state index contributed by atoms with van der Waals surface area (Å²) in [5.41, 5.74) is 0.872. The van der Waals surface area contributed by atoms with Crippen molar-refractivity contribution < 1.29 is 13.5 Å². The maximum Gasteiger partial charge on any atom is 0.387 e. The van der Waals surface area contributed by atoms with Crippen LogP contribution < -0.4 is 10.1 Å². The standard InChI is InChI=1S/C13H15F2NO/c14-13(15)17-12-5-1-3-10(9-12)6-7-11-4-2-8-16-11/h1,3,5-7,9,11,13,16H,2,4,8H2/b7-6+. The van der Waals surface area contributed by atoms with Crippen molar-refractivity contribution in [2.24, 2.45) is 0 Å². The van der Waals surface area contributed by atoms with Crippen molar-refractivity contribution in [1.29, 1.82) is 0 Å². The molecule has 1 aliphatic heterocycles. The van der Waals surface area contributed by atoms with E-state index in [9.17, 15) is 8.78 Å². The lowest BCUT2D eigenvalue weighted by Crippen LogP contribution is -2.17. The number of halogens is 2. The molecule has 1 fully saturated rings. The van der Waals surface area contributed by atoms with Gasteiger partial charge in [-0.3, -0.25) is 0 Å². The minimum Gasteiger partial charge on any atom is -0.435 e. The van der Waals surface area contributed by atoms with Crippen LogP contribution >= 0.6 is 0 Å². The van der Waals surface area contributed by atoms with Crippen LogP contribution in [0.1, 0.15) is 18.4 Å². The molecule has 1 saturated heterocycles. The van der Waals surface area contributed by atoms with Crippen molar-refractivity contribution in [3.8, 4) is 5.75 Å². The van der Waals surface area contributed by atoms with Crippen LogP contribution in [0.15, 0.2) is 30.3 Å². The molecule has 0 spiro atoms. The van der Waals surface area contributed by atoms with Crippen molar-refractivity contribution in [2.75, 3.05) is 6.54 Å². The monoisotopic (exact) mass is 239 g/mol. The molecule has 4 heteroatoms. The third kappa shape index (κ3) is 3.82. The molecule has 0 aromatic heterocycles. The Kier molecular flexibility index (Phi) is 4.09. The Hall–Kier alpha value is -1.42. The van der Waals surface area contributed by atoms with Gasteiger partial charge < -0.3 is 10.1 Å². The maximum atomic E-state index is 12.0. The quantitative estimate of drug-likeness (QED) is 0.872. The summed E-state index contributed by atoms with van der Waals surface area (Å²) in [5.74, 6) is 0.196. The lowest BCUT2D eigenvalue weighted by Gasteiger charge is -2.05. The Morgan fingerprint density at radius 2 is 2.29 bits per heavy atom. The molecular formula is C13H15F2NO. The SMILES string of the molecule is FC(F)Oc1cccc(/C=C/C2CCCN2)c1. The summed E-state index contributed by atoms with van der Waals surface area (Å²) in [6.45, 7) is -1.73. The Balaban J connectivity index is 2.00. The number of hydrogen-bond donors (Lipinski definition) is 1. The van der Waals surface area contributed by atoms with Gasteiger partial charge in [-0.1, -0.05) is 24.3 Å². The van der Waals surface area contributed by atoms with E-state index in [1.165, 1.54) is 12.5 Å². The Morgan fingerprint density at radius 1 is 1.41 bits per heavy atom. The summed E-state index contributed by atoms with van der Waals surface area (Å²) in [7, 11) is 0. The number of rotatable bonds is 4. The van der Waals surface area contributed by atoms with Gasteiger partial charge in [0.25, 0.3) is 0 Å². The third-order valence-electron chi connectivity index (χ3n) is 2.70. The first-order valence-electron chi connectivity index (χ1n) is 5.70. The maximum absolute atomic E-state index is 12.0. The molecule has 1 heterocycles. The highest BCUT2D eigenvalue weighted by Gasteiger charge is 2.09. The summed E-state index contributed by atoms with van der Waals surface area (Å²) < 4.78 is 28.4. The second-order valence-corrected chi connectivity index (χ2v) is 4.01. The van der Waals surface area contributed by atoms with E-state index in [0.717, 1.165) is 18.5 Å². The van der Waals surface area contributed by atoms with E-state index in [1.807, 2.05) is 12.1 Å². The predicted octanol–water partition coefficient (Wildman–Crippen LogP) is 3.05. The first-order chi connectivity index (χ1) is 8.24. The second-order valence-electron chi connectivity index (χ2n) is 4.01. The van der Waals surface area contributed by atoms with Crippen LogP contribution in [0.5, 0.6) is 5.75 Å². The largest absolute Gasteiger partial charge is 0.435 e. The predicted molar refractivity (Wildman–Crippen MR) is 63.1 cm³/mol. The van der Waals surface area contributed by atoms with E-state index in [2.05, 4.69) is 16.1 Å². The fourth-order valence-electron chi connectivity index (χ4n) is 1.90. The molecule has 17 heavy (non-hydrogen) atoms. The lowest BCUT2D eigenvalue weighted by molar-refractivity contribution is -0.0498. The average Bonchev–Trinajstić information content (AvgIpc) is 2.79. The van der Waals surface area contributed by atoms with Gasteiger partial charge in [0.2, 0.25) is 0 Å². The zero-order valence-corrected chi connectivity index (χ0v) is 9.40. The molecular weight excluding hydrogens is 224 g/mol. The van der Waals surface area contributed by atoms with Crippen LogP contribution in [-0.4, -0.2) is 19.2 Å². The first kappa shape index (κ1) is 12.0. The molecule has 0 amide bonds. The minimum atomic E-state index is -2.77. The van der Waals surface area contributed by atoms with Crippen LogP contribution in [0, 0.1) is 0 Å². The van der Waals surface area contributed by atoms with Crippen molar-refractivity contribution >= 4 is 6.08 Å². The van der Waals surface area contributed by atoms with Gasteiger partial charge in [-0.05, 0) is 37.1 Å². The van der Waals surface area contributed by atoms with Gasteiger partial charge in [0, 0.05) is 6.04 Å². The summed E-state index contributed by atoms with van der Waals surface area (Å²) in [4.78, 5) is 0. The zero-order chi connectivity index (χ0) is 12.1. The fraction of sp³-hybridized carbons (Fsp3) is 0.385. The van der Waals surface area contributed by atoms with Gasteiger partial charge >= 0.3 is 6.61 Å². The van der Waals surface area contributed by atoms with Gasteiger partial charge in [0.15, 0.2) is 0 Å². The molecule has 1 atom stereocenters. The lowest BCUT2D eigenvalue weighted by atomic mass is 10.1. The van der Waals surface area contributed by atoms with Gasteiger partial charge in [-0.15, -0.1) is 0 Å². The van der Waals surface area contributed by atoms with E-state index >= 15 is 0 Å². The van der Waals surface area contributed by atoms with E-state index in [-0.39, 0.29) is 5.75 Å². The molecule has 0 saturated carbocycles.